The van der Waals surface area contributed by atoms with E-state index in [0.717, 1.165) is 24.3 Å². The minimum absolute atomic E-state index is 0.218. The van der Waals surface area contributed by atoms with Crippen LogP contribution in [0.25, 0.3) is 0 Å². The van der Waals surface area contributed by atoms with Crippen LogP contribution in [-0.4, -0.2) is 18.6 Å². The van der Waals surface area contributed by atoms with Gasteiger partial charge in [-0.05, 0) is 37.0 Å². The lowest BCUT2D eigenvalue weighted by atomic mass is 9.64. The molecular formula is C17H23ClO2. The van der Waals surface area contributed by atoms with Crippen LogP contribution in [0.2, 0.25) is 0 Å². The SMILES string of the molecule is CCc1ccc(OC2CC(Cl)C23CCCC3)c(OC)c1. The first-order chi connectivity index (χ1) is 9.69. The fourth-order valence-corrected chi connectivity index (χ4v) is 4.24. The molecule has 2 atom stereocenters. The zero-order valence-corrected chi connectivity index (χ0v) is 13.1. The van der Waals surface area contributed by atoms with E-state index in [1.807, 2.05) is 6.07 Å². The molecule has 0 amide bonds. The number of halogens is 1. The average Bonchev–Trinajstić information content (AvgIpc) is 3.00. The van der Waals surface area contributed by atoms with E-state index in [9.17, 15) is 0 Å². The van der Waals surface area contributed by atoms with Crippen LogP contribution in [0, 0.1) is 5.41 Å². The van der Waals surface area contributed by atoms with Crippen molar-refractivity contribution in [1.29, 1.82) is 0 Å². The van der Waals surface area contributed by atoms with Gasteiger partial charge >= 0.3 is 0 Å². The van der Waals surface area contributed by atoms with Crippen LogP contribution in [0.15, 0.2) is 18.2 Å². The van der Waals surface area contributed by atoms with E-state index in [0.29, 0.717) is 0 Å². The first-order valence-corrected chi connectivity index (χ1v) is 8.11. The summed E-state index contributed by atoms with van der Waals surface area (Å²) in [5.41, 5.74) is 1.49. The number of methoxy groups -OCH3 is 1. The highest BCUT2D eigenvalue weighted by Crippen LogP contribution is 2.57. The molecule has 1 spiro atoms. The van der Waals surface area contributed by atoms with Crippen LogP contribution in [0.4, 0.5) is 0 Å². The summed E-state index contributed by atoms with van der Waals surface area (Å²) in [5.74, 6) is 1.71. The number of benzene rings is 1. The molecule has 0 heterocycles. The van der Waals surface area contributed by atoms with Crippen LogP contribution < -0.4 is 9.47 Å². The van der Waals surface area contributed by atoms with Crippen molar-refractivity contribution >= 4 is 11.6 Å². The summed E-state index contributed by atoms with van der Waals surface area (Å²) in [6, 6.07) is 6.24. The number of alkyl halides is 1. The predicted molar refractivity (Wildman–Crippen MR) is 81.9 cm³/mol. The lowest BCUT2D eigenvalue weighted by Gasteiger charge is -2.51. The Hall–Kier alpha value is -0.890. The third kappa shape index (κ3) is 2.18. The maximum atomic E-state index is 6.48. The normalized spacial score (nSPS) is 27.4. The lowest BCUT2D eigenvalue weighted by molar-refractivity contribution is -0.0367. The summed E-state index contributed by atoms with van der Waals surface area (Å²) < 4.78 is 11.7. The van der Waals surface area contributed by atoms with Gasteiger partial charge in [0, 0.05) is 17.2 Å². The molecule has 20 heavy (non-hydrogen) atoms. The van der Waals surface area contributed by atoms with E-state index < -0.39 is 0 Å². The van der Waals surface area contributed by atoms with Gasteiger partial charge in [-0.1, -0.05) is 25.8 Å². The number of hydrogen-bond donors (Lipinski definition) is 0. The van der Waals surface area contributed by atoms with Gasteiger partial charge in [-0.3, -0.25) is 0 Å². The van der Waals surface area contributed by atoms with E-state index in [2.05, 4.69) is 19.1 Å². The van der Waals surface area contributed by atoms with Gasteiger partial charge in [0.15, 0.2) is 11.5 Å². The van der Waals surface area contributed by atoms with Crippen molar-refractivity contribution < 1.29 is 9.47 Å². The quantitative estimate of drug-likeness (QED) is 0.757. The standard InChI is InChI=1S/C17H23ClO2/c1-3-12-6-7-13(14(10-12)19-2)20-16-11-15(18)17(16)8-4-5-9-17/h6-7,10,15-16H,3-5,8-9,11H2,1-2H3. The molecule has 0 saturated heterocycles. The second-order valence-electron chi connectivity index (χ2n) is 6.09. The molecule has 0 N–H and O–H groups in total. The number of rotatable bonds is 4. The summed E-state index contributed by atoms with van der Waals surface area (Å²) in [7, 11) is 1.71. The number of hydrogen-bond acceptors (Lipinski definition) is 2. The first kappa shape index (κ1) is 14.1. The molecule has 2 fully saturated rings. The highest BCUT2D eigenvalue weighted by atomic mass is 35.5. The average molecular weight is 295 g/mol. The van der Waals surface area contributed by atoms with E-state index >= 15 is 0 Å². The van der Waals surface area contributed by atoms with Gasteiger partial charge in [-0.15, -0.1) is 11.6 Å². The van der Waals surface area contributed by atoms with Gasteiger partial charge in [0.05, 0.1) is 7.11 Å². The molecule has 1 aromatic rings. The van der Waals surface area contributed by atoms with Gasteiger partial charge in [0.1, 0.15) is 6.10 Å². The molecule has 3 heteroatoms. The summed E-state index contributed by atoms with van der Waals surface area (Å²) in [6.45, 7) is 2.15. The largest absolute Gasteiger partial charge is 0.493 e. The van der Waals surface area contributed by atoms with Crippen LogP contribution in [-0.2, 0) is 6.42 Å². The summed E-state index contributed by atoms with van der Waals surface area (Å²) >= 11 is 6.48. The third-order valence-corrected chi connectivity index (χ3v) is 5.74. The van der Waals surface area contributed by atoms with Crippen molar-refractivity contribution in [1.82, 2.24) is 0 Å². The zero-order valence-electron chi connectivity index (χ0n) is 12.3. The Bertz CT molecular complexity index is 480. The maximum Gasteiger partial charge on any atom is 0.161 e. The van der Waals surface area contributed by atoms with Gasteiger partial charge in [-0.2, -0.15) is 0 Å². The topological polar surface area (TPSA) is 18.5 Å². The minimum Gasteiger partial charge on any atom is -0.493 e. The molecular weight excluding hydrogens is 272 g/mol. The van der Waals surface area contributed by atoms with Crippen LogP contribution in [0.1, 0.15) is 44.6 Å². The fraction of sp³-hybridized carbons (Fsp3) is 0.647. The molecule has 2 aliphatic carbocycles. The third-order valence-electron chi connectivity index (χ3n) is 5.13. The Labute approximate surface area is 126 Å². The molecule has 3 rings (SSSR count). The summed E-state index contributed by atoms with van der Waals surface area (Å²) in [6.07, 6.45) is 7.22. The van der Waals surface area contributed by atoms with Crippen molar-refractivity contribution in [3.05, 3.63) is 23.8 Å². The Balaban J connectivity index is 1.78. The highest BCUT2D eigenvalue weighted by Gasteiger charge is 2.57. The molecule has 0 bridgehead atoms. The van der Waals surface area contributed by atoms with Crippen LogP contribution >= 0.6 is 11.6 Å². The lowest BCUT2D eigenvalue weighted by Crippen LogP contribution is -2.55. The van der Waals surface area contributed by atoms with E-state index in [4.69, 9.17) is 21.1 Å². The van der Waals surface area contributed by atoms with Gasteiger partial charge in [-0.25, -0.2) is 0 Å². The predicted octanol–water partition coefficient (Wildman–Crippen LogP) is 4.58. The molecule has 110 valence electrons. The highest BCUT2D eigenvalue weighted by molar-refractivity contribution is 6.21. The molecule has 2 unspecified atom stereocenters. The minimum atomic E-state index is 0.218. The molecule has 0 aliphatic heterocycles. The maximum absolute atomic E-state index is 6.48. The van der Waals surface area contributed by atoms with Crippen LogP contribution in [0.5, 0.6) is 11.5 Å². The van der Waals surface area contributed by atoms with Gasteiger partial charge in [0.25, 0.3) is 0 Å². The Morgan fingerprint density at radius 2 is 2.00 bits per heavy atom. The van der Waals surface area contributed by atoms with Gasteiger partial charge in [0.2, 0.25) is 0 Å². The first-order valence-electron chi connectivity index (χ1n) is 7.67. The molecule has 0 radical (unpaired) electrons. The zero-order chi connectivity index (χ0) is 14.2. The Kier molecular flexibility index (Phi) is 3.85. The fourth-order valence-electron chi connectivity index (χ4n) is 3.72. The number of aryl methyl sites for hydroxylation is 1. The molecule has 2 nitrogen and oxygen atoms in total. The van der Waals surface area contributed by atoms with Crippen molar-refractivity contribution in [2.75, 3.05) is 7.11 Å². The van der Waals surface area contributed by atoms with E-state index in [1.165, 1.54) is 31.2 Å². The van der Waals surface area contributed by atoms with E-state index in [1.54, 1.807) is 7.11 Å². The van der Waals surface area contributed by atoms with Crippen molar-refractivity contribution in [3.63, 3.8) is 0 Å². The summed E-state index contributed by atoms with van der Waals surface area (Å²) in [4.78, 5) is 0. The molecule has 2 aliphatic rings. The van der Waals surface area contributed by atoms with E-state index in [-0.39, 0.29) is 16.9 Å². The Morgan fingerprint density at radius 3 is 2.60 bits per heavy atom. The molecule has 1 aromatic carbocycles. The second kappa shape index (κ2) is 5.48. The van der Waals surface area contributed by atoms with Crippen molar-refractivity contribution in [2.24, 2.45) is 5.41 Å². The number of ether oxygens (including phenoxy) is 2. The second-order valence-corrected chi connectivity index (χ2v) is 6.62. The molecule has 2 saturated carbocycles. The summed E-state index contributed by atoms with van der Waals surface area (Å²) in [5, 5.41) is 0.288. The van der Waals surface area contributed by atoms with Gasteiger partial charge < -0.3 is 9.47 Å². The smallest absolute Gasteiger partial charge is 0.161 e. The molecule has 0 aromatic heterocycles. The van der Waals surface area contributed by atoms with Crippen molar-refractivity contribution in [2.45, 2.75) is 56.9 Å². The van der Waals surface area contributed by atoms with Crippen molar-refractivity contribution in [3.8, 4) is 11.5 Å². The Morgan fingerprint density at radius 1 is 1.25 bits per heavy atom. The monoisotopic (exact) mass is 294 g/mol. The van der Waals surface area contributed by atoms with Crippen LogP contribution in [0.3, 0.4) is 0 Å².